The van der Waals surface area contributed by atoms with Crippen LogP contribution in [0.1, 0.15) is 37.7 Å². The molecule has 2 heterocycles. The second-order valence-electron chi connectivity index (χ2n) is 5.97. The normalized spacial score (nSPS) is 13.3. The second-order valence-corrected chi connectivity index (χ2v) is 7.38. The maximum absolute atomic E-state index is 12.7. The number of rotatable bonds is 2. The van der Waals surface area contributed by atoms with Crippen molar-refractivity contribution >= 4 is 56.2 Å². The van der Waals surface area contributed by atoms with Crippen molar-refractivity contribution in [2.75, 3.05) is 11.1 Å². The third-order valence-corrected chi connectivity index (χ3v) is 5.93. The van der Waals surface area contributed by atoms with Crippen LogP contribution in [0.4, 0.5) is 11.4 Å². The van der Waals surface area contributed by atoms with Crippen molar-refractivity contribution in [3.05, 3.63) is 51.0 Å². The molecule has 0 spiro atoms. The molecule has 1 amide bonds. The van der Waals surface area contributed by atoms with Crippen molar-refractivity contribution in [2.24, 2.45) is 0 Å². The van der Waals surface area contributed by atoms with Crippen molar-refractivity contribution < 1.29 is 9.59 Å². The fourth-order valence-electron chi connectivity index (χ4n) is 2.97. The average molecular weight is 372 g/mol. The van der Waals surface area contributed by atoms with Crippen LogP contribution in [0, 0.1) is 6.92 Å². The molecule has 2 aromatic heterocycles. The smallest absolute Gasteiger partial charge is 0.267 e. The molecule has 126 valence electrons. The van der Waals surface area contributed by atoms with Crippen molar-refractivity contribution in [1.29, 1.82) is 0 Å². The highest BCUT2D eigenvalue weighted by atomic mass is 35.5. The van der Waals surface area contributed by atoms with Gasteiger partial charge in [-0.3, -0.25) is 9.59 Å². The van der Waals surface area contributed by atoms with Crippen molar-refractivity contribution in [3.63, 3.8) is 0 Å². The fraction of sp³-hybridized carbons (Fsp3) is 0.167. The highest BCUT2D eigenvalue weighted by Gasteiger charge is 2.25. The Balaban J connectivity index is 1.74. The first kappa shape index (κ1) is 16.1. The van der Waals surface area contributed by atoms with Crippen molar-refractivity contribution in [2.45, 2.75) is 19.8 Å². The summed E-state index contributed by atoms with van der Waals surface area (Å²) in [6.45, 7) is 1.84. The maximum atomic E-state index is 12.7. The molecule has 0 saturated carbocycles. The molecule has 4 rings (SSSR count). The molecule has 0 saturated heterocycles. The van der Waals surface area contributed by atoms with E-state index >= 15 is 0 Å². The topological polar surface area (TPSA) is 85.1 Å². The fourth-order valence-corrected chi connectivity index (χ4v) is 4.13. The molecule has 0 unspecified atom stereocenters. The zero-order chi connectivity index (χ0) is 17.7. The van der Waals surface area contributed by atoms with Gasteiger partial charge in [-0.25, -0.2) is 4.98 Å². The Morgan fingerprint density at radius 3 is 2.96 bits per heavy atom. The standard InChI is InChI=1S/C18H14ClN3O2S/c1-8-11(19)3-2-4-12(8)21-17(24)16-15(20)10-7-9-13(5-6-14(9)23)22-18(10)25-16/h2-4,7H,5-6,20H2,1H3,(H,21,24). The van der Waals surface area contributed by atoms with E-state index in [9.17, 15) is 9.59 Å². The summed E-state index contributed by atoms with van der Waals surface area (Å²) in [7, 11) is 0. The Hall–Kier alpha value is -2.44. The SMILES string of the molecule is Cc1c(Cl)cccc1NC(=O)c1sc2nc3c(cc2c1N)C(=O)CC3. The van der Waals surface area contributed by atoms with Gasteiger partial charge < -0.3 is 11.1 Å². The monoisotopic (exact) mass is 371 g/mol. The Kier molecular flexibility index (Phi) is 3.74. The first-order valence-electron chi connectivity index (χ1n) is 7.77. The summed E-state index contributed by atoms with van der Waals surface area (Å²) in [5.74, 6) is -0.229. The lowest BCUT2D eigenvalue weighted by Gasteiger charge is -2.08. The van der Waals surface area contributed by atoms with E-state index in [1.54, 1.807) is 24.3 Å². The molecule has 3 aromatic rings. The Morgan fingerprint density at radius 1 is 1.36 bits per heavy atom. The lowest BCUT2D eigenvalue weighted by molar-refractivity contribution is 0.0993. The number of nitrogens with zero attached hydrogens (tertiary/aromatic N) is 1. The summed E-state index contributed by atoms with van der Waals surface area (Å²) >= 11 is 7.33. The first-order valence-corrected chi connectivity index (χ1v) is 8.96. The van der Waals surface area contributed by atoms with E-state index < -0.39 is 0 Å². The number of fused-ring (bicyclic) bond motifs is 2. The summed E-state index contributed by atoms with van der Waals surface area (Å²) in [4.78, 5) is 30.2. The van der Waals surface area contributed by atoms with Crippen molar-refractivity contribution in [3.8, 4) is 0 Å². The molecule has 0 atom stereocenters. The number of halogens is 1. The second kappa shape index (κ2) is 5.82. The minimum atomic E-state index is -0.308. The Labute approximate surface area is 152 Å². The lowest BCUT2D eigenvalue weighted by atomic mass is 10.1. The number of hydrogen-bond donors (Lipinski definition) is 2. The average Bonchev–Trinajstić information content (AvgIpc) is 3.11. The number of nitrogens with two attached hydrogens (primary N) is 1. The number of hydrogen-bond acceptors (Lipinski definition) is 5. The Morgan fingerprint density at radius 2 is 2.16 bits per heavy atom. The summed E-state index contributed by atoms with van der Waals surface area (Å²) < 4.78 is 0. The molecule has 25 heavy (non-hydrogen) atoms. The molecule has 3 N–H and O–H groups in total. The third-order valence-electron chi connectivity index (χ3n) is 4.41. The zero-order valence-electron chi connectivity index (χ0n) is 13.4. The molecule has 1 aliphatic rings. The number of benzene rings is 1. The molecule has 0 radical (unpaired) electrons. The maximum Gasteiger partial charge on any atom is 0.267 e. The number of thiophene rings is 1. The number of aryl methyl sites for hydroxylation is 1. The molecule has 0 bridgehead atoms. The molecule has 1 aliphatic carbocycles. The zero-order valence-corrected chi connectivity index (χ0v) is 14.9. The van der Waals surface area contributed by atoms with E-state index in [2.05, 4.69) is 10.3 Å². The molecular weight excluding hydrogens is 358 g/mol. The van der Waals surface area contributed by atoms with Crippen LogP contribution in [0.25, 0.3) is 10.2 Å². The van der Waals surface area contributed by atoms with Crippen LogP contribution in [0.15, 0.2) is 24.3 Å². The highest BCUT2D eigenvalue weighted by Crippen LogP contribution is 2.36. The van der Waals surface area contributed by atoms with E-state index in [1.807, 2.05) is 6.92 Å². The van der Waals surface area contributed by atoms with Gasteiger partial charge in [0.15, 0.2) is 5.78 Å². The van der Waals surface area contributed by atoms with Crippen LogP contribution < -0.4 is 11.1 Å². The number of carbonyl (C=O) groups is 2. The lowest BCUT2D eigenvalue weighted by Crippen LogP contribution is -2.12. The first-order chi connectivity index (χ1) is 12.0. The van der Waals surface area contributed by atoms with Gasteiger partial charge in [0.25, 0.3) is 5.91 Å². The molecule has 0 aliphatic heterocycles. The third kappa shape index (κ3) is 2.58. The van der Waals surface area contributed by atoms with Gasteiger partial charge in [-0.1, -0.05) is 17.7 Å². The molecule has 7 heteroatoms. The van der Waals surface area contributed by atoms with E-state index in [4.69, 9.17) is 17.3 Å². The largest absolute Gasteiger partial charge is 0.397 e. The number of ketones is 1. The molecule has 5 nitrogen and oxygen atoms in total. The quantitative estimate of drug-likeness (QED) is 0.706. The van der Waals surface area contributed by atoms with Crippen LogP contribution in [0.2, 0.25) is 5.02 Å². The van der Waals surface area contributed by atoms with Crippen LogP contribution in [0.3, 0.4) is 0 Å². The van der Waals surface area contributed by atoms with Gasteiger partial charge in [0.1, 0.15) is 9.71 Å². The number of Topliss-reactive ketones (excluding diaryl/α,β-unsaturated/α-hetero) is 1. The summed E-state index contributed by atoms with van der Waals surface area (Å²) in [5.41, 5.74) is 9.37. The summed E-state index contributed by atoms with van der Waals surface area (Å²) in [5, 5.41) is 4.09. The number of pyridine rings is 1. The van der Waals surface area contributed by atoms with E-state index in [1.165, 1.54) is 11.3 Å². The summed E-state index contributed by atoms with van der Waals surface area (Å²) in [6, 6.07) is 7.09. The number of amides is 1. The van der Waals surface area contributed by atoms with Crippen LogP contribution >= 0.6 is 22.9 Å². The predicted molar refractivity (Wildman–Crippen MR) is 101 cm³/mol. The number of nitrogens with one attached hydrogen (secondary N) is 1. The van der Waals surface area contributed by atoms with Crippen molar-refractivity contribution in [1.82, 2.24) is 4.98 Å². The number of nitrogen functional groups attached to an aromatic ring is 1. The van der Waals surface area contributed by atoms with Crippen LogP contribution in [-0.2, 0) is 6.42 Å². The summed E-state index contributed by atoms with van der Waals surface area (Å²) in [6.07, 6.45) is 1.13. The van der Waals surface area contributed by atoms with E-state index in [0.717, 1.165) is 11.3 Å². The predicted octanol–water partition coefficient (Wildman–Crippen LogP) is 4.22. The minimum Gasteiger partial charge on any atom is -0.397 e. The van der Waals surface area contributed by atoms with Crippen LogP contribution in [0.5, 0.6) is 0 Å². The van der Waals surface area contributed by atoms with Gasteiger partial charge >= 0.3 is 0 Å². The van der Waals surface area contributed by atoms with Gasteiger partial charge in [0, 0.05) is 28.1 Å². The van der Waals surface area contributed by atoms with Gasteiger partial charge in [-0.05, 0) is 37.1 Å². The van der Waals surface area contributed by atoms with Crippen LogP contribution in [-0.4, -0.2) is 16.7 Å². The molecule has 1 aromatic carbocycles. The van der Waals surface area contributed by atoms with Gasteiger partial charge in [-0.2, -0.15) is 0 Å². The number of aromatic nitrogens is 1. The number of anilines is 2. The number of carbonyl (C=O) groups excluding carboxylic acids is 2. The highest BCUT2D eigenvalue weighted by molar-refractivity contribution is 7.21. The minimum absolute atomic E-state index is 0.0792. The van der Waals surface area contributed by atoms with Gasteiger partial charge in [0.2, 0.25) is 0 Å². The van der Waals surface area contributed by atoms with E-state index in [0.29, 0.717) is 49.9 Å². The van der Waals surface area contributed by atoms with Gasteiger partial charge in [0.05, 0.1) is 11.4 Å². The molecular formula is C18H14ClN3O2S. The Bertz CT molecular complexity index is 1060. The van der Waals surface area contributed by atoms with E-state index in [-0.39, 0.29) is 11.7 Å². The molecule has 0 fully saturated rings. The van der Waals surface area contributed by atoms with Gasteiger partial charge in [-0.15, -0.1) is 11.3 Å².